The van der Waals surface area contributed by atoms with Crippen molar-refractivity contribution in [1.82, 2.24) is 0 Å². The second kappa shape index (κ2) is 11.5. The van der Waals surface area contributed by atoms with E-state index >= 15 is 0 Å². The molecule has 15 heteroatoms. The summed E-state index contributed by atoms with van der Waals surface area (Å²) in [4.78, 5) is 71.6. The third-order valence-corrected chi connectivity index (χ3v) is 6.03. The van der Waals surface area contributed by atoms with Crippen molar-refractivity contribution in [2.75, 3.05) is 6.61 Å². The van der Waals surface area contributed by atoms with Gasteiger partial charge in [-0.05, 0) is 6.42 Å². The van der Waals surface area contributed by atoms with Gasteiger partial charge in [-0.3, -0.25) is 28.8 Å². The van der Waals surface area contributed by atoms with Crippen LogP contribution in [-0.4, -0.2) is 102 Å². The lowest BCUT2D eigenvalue weighted by Gasteiger charge is -2.46. The summed E-state index contributed by atoms with van der Waals surface area (Å²) in [6.07, 6.45) is -12.7. The fraction of sp³-hybridized carbons (Fsp3) is 0.727. The van der Waals surface area contributed by atoms with Crippen molar-refractivity contribution in [2.24, 2.45) is 11.8 Å². The lowest BCUT2D eigenvalue weighted by Crippen LogP contribution is -2.65. The number of ether oxygens (including phenoxy) is 7. The van der Waals surface area contributed by atoms with Crippen molar-refractivity contribution < 1.29 is 72.1 Å². The van der Waals surface area contributed by atoms with E-state index in [4.69, 9.17) is 28.4 Å². The van der Waals surface area contributed by atoms with E-state index in [0.29, 0.717) is 0 Å². The number of fused-ring (bicyclic) bond motifs is 1. The van der Waals surface area contributed by atoms with Crippen LogP contribution in [0.5, 0.6) is 0 Å². The number of aliphatic hydroxyl groups is 2. The minimum Gasteiger partial charge on any atom is -0.463 e. The Morgan fingerprint density at radius 3 is 1.95 bits per heavy atom. The number of hydrogen-bond donors (Lipinski definition) is 2. The minimum atomic E-state index is -1.73. The third kappa shape index (κ3) is 6.41. The van der Waals surface area contributed by atoms with Gasteiger partial charge in [-0.2, -0.15) is 0 Å². The summed E-state index contributed by atoms with van der Waals surface area (Å²) in [5.41, 5.74) is 0. The molecule has 206 valence electrons. The van der Waals surface area contributed by atoms with Crippen molar-refractivity contribution >= 4 is 35.8 Å². The molecule has 0 amide bonds. The molecule has 2 aliphatic heterocycles. The van der Waals surface area contributed by atoms with Gasteiger partial charge >= 0.3 is 35.8 Å². The molecule has 0 spiro atoms. The highest BCUT2D eigenvalue weighted by Gasteiger charge is 2.60. The second-order valence-corrected chi connectivity index (χ2v) is 8.83. The van der Waals surface area contributed by atoms with E-state index in [-0.39, 0.29) is 6.42 Å². The van der Waals surface area contributed by atoms with Gasteiger partial charge < -0.3 is 43.4 Å². The van der Waals surface area contributed by atoms with E-state index in [0.717, 1.165) is 27.7 Å². The number of hydrogen-bond acceptors (Lipinski definition) is 15. The van der Waals surface area contributed by atoms with Gasteiger partial charge in [-0.15, -0.1) is 0 Å². The number of rotatable bonds is 7. The van der Waals surface area contributed by atoms with E-state index in [1.165, 1.54) is 0 Å². The van der Waals surface area contributed by atoms with Crippen LogP contribution >= 0.6 is 0 Å². The first-order valence-corrected chi connectivity index (χ1v) is 11.4. The lowest BCUT2D eigenvalue weighted by atomic mass is 9.75. The Balaban J connectivity index is 2.01. The van der Waals surface area contributed by atoms with Crippen LogP contribution in [0.15, 0.2) is 0 Å². The van der Waals surface area contributed by atoms with Gasteiger partial charge in [0.05, 0.1) is 17.9 Å². The summed E-state index contributed by atoms with van der Waals surface area (Å²) < 4.78 is 37.1. The molecule has 2 N–H and O–H groups in total. The van der Waals surface area contributed by atoms with Crippen molar-refractivity contribution in [1.29, 1.82) is 0 Å². The quantitative estimate of drug-likeness (QED) is 0.204. The molecule has 3 aliphatic rings. The predicted octanol–water partition coefficient (Wildman–Crippen LogP) is -2.10. The monoisotopic (exact) mass is 532 g/mol. The molecule has 1 aliphatic carbocycles. The average molecular weight is 532 g/mol. The zero-order valence-electron chi connectivity index (χ0n) is 20.4. The van der Waals surface area contributed by atoms with Gasteiger partial charge in [0.25, 0.3) is 0 Å². The molecule has 0 aromatic rings. The average Bonchev–Trinajstić information content (AvgIpc) is 3.05. The highest BCUT2D eigenvalue weighted by molar-refractivity contribution is 5.97. The van der Waals surface area contributed by atoms with E-state index in [1.54, 1.807) is 0 Å². The highest BCUT2D eigenvalue weighted by Crippen LogP contribution is 2.41. The highest BCUT2D eigenvalue weighted by atomic mass is 16.7. The lowest BCUT2D eigenvalue weighted by molar-refractivity contribution is -0.330. The Labute approximate surface area is 210 Å². The molecule has 0 aromatic carbocycles. The van der Waals surface area contributed by atoms with Crippen molar-refractivity contribution in [3.8, 4) is 0 Å². The molecular formula is C22H28O15. The molecular weight excluding hydrogens is 504 g/mol. The van der Waals surface area contributed by atoms with Crippen LogP contribution < -0.4 is 0 Å². The summed E-state index contributed by atoms with van der Waals surface area (Å²) in [5, 5.41) is 20.9. The smallest absolute Gasteiger partial charge is 0.320 e. The Hall–Kier alpha value is -3.14. The first kappa shape index (κ1) is 28.4. The Bertz CT molecular complexity index is 946. The minimum absolute atomic E-state index is 0.269. The summed E-state index contributed by atoms with van der Waals surface area (Å²) in [6.45, 7) is 3.69. The zero-order chi connectivity index (χ0) is 27.6. The maximum atomic E-state index is 12.4. The van der Waals surface area contributed by atoms with Crippen LogP contribution in [0.3, 0.4) is 0 Å². The summed E-state index contributed by atoms with van der Waals surface area (Å²) in [5.74, 6) is -7.69. The second-order valence-electron chi connectivity index (χ2n) is 8.83. The molecule has 15 nitrogen and oxygen atoms in total. The summed E-state index contributed by atoms with van der Waals surface area (Å²) >= 11 is 0. The Morgan fingerprint density at radius 2 is 1.38 bits per heavy atom. The van der Waals surface area contributed by atoms with Crippen molar-refractivity contribution in [3.05, 3.63) is 0 Å². The zero-order valence-corrected chi connectivity index (χ0v) is 20.4. The van der Waals surface area contributed by atoms with Gasteiger partial charge in [0.15, 0.2) is 24.6 Å². The molecule has 3 rings (SSSR count). The predicted molar refractivity (Wildman–Crippen MR) is 112 cm³/mol. The molecule has 0 radical (unpaired) electrons. The van der Waals surface area contributed by atoms with Gasteiger partial charge in [0, 0.05) is 27.7 Å². The largest absolute Gasteiger partial charge is 0.463 e. The molecule has 0 bridgehead atoms. The van der Waals surface area contributed by atoms with E-state index in [9.17, 15) is 39.0 Å². The number of carbonyl (C=O) groups is 6. The molecule has 37 heavy (non-hydrogen) atoms. The number of carbonyl (C=O) groups excluding carboxylic acids is 6. The van der Waals surface area contributed by atoms with E-state index in [1.807, 2.05) is 0 Å². The number of esters is 6. The van der Waals surface area contributed by atoms with Crippen LogP contribution in [0.1, 0.15) is 34.1 Å². The fourth-order valence-corrected chi connectivity index (χ4v) is 4.61. The first-order chi connectivity index (χ1) is 17.3. The number of cyclic esters (lactones) is 2. The van der Waals surface area contributed by atoms with Crippen LogP contribution in [0.4, 0.5) is 0 Å². The van der Waals surface area contributed by atoms with E-state index in [2.05, 4.69) is 4.74 Å². The molecule has 0 aromatic heterocycles. The van der Waals surface area contributed by atoms with Gasteiger partial charge in [0.1, 0.15) is 24.9 Å². The van der Waals surface area contributed by atoms with Crippen molar-refractivity contribution in [2.45, 2.75) is 83.1 Å². The summed E-state index contributed by atoms with van der Waals surface area (Å²) in [7, 11) is 0. The topological polar surface area (TPSA) is 207 Å². The standard InChI is InChI=1S/C22H28O15/c1-7(23)31-6-13-16(32-8(2)24)18(33-9(3)25)19(34-10(4)26)22(35-13)36-17-14-11(5-12(27)15(17)28)20(29)37-21(14)30/h11-19,22,27-28H,5-6H2,1-4H3/t11-,12+,13-,14-,15-,16-,17-,18+,19-,22+/m1/s1. The molecule has 2 heterocycles. The van der Waals surface area contributed by atoms with Gasteiger partial charge in [0.2, 0.25) is 0 Å². The van der Waals surface area contributed by atoms with Crippen LogP contribution in [0, 0.1) is 11.8 Å². The first-order valence-electron chi connectivity index (χ1n) is 11.4. The van der Waals surface area contributed by atoms with Gasteiger partial charge in [-0.1, -0.05) is 0 Å². The molecule has 1 saturated carbocycles. The van der Waals surface area contributed by atoms with Crippen molar-refractivity contribution in [3.63, 3.8) is 0 Å². The maximum Gasteiger partial charge on any atom is 0.320 e. The van der Waals surface area contributed by atoms with Crippen LogP contribution in [-0.2, 0) is 61.9 Å². The SMILES string of the molecule is CC(=O)OC[C@H]1O[C@@H](O[C@H]2[C@H](O)[C@@H](O)C[C@H]3C(=O)OC(=O)[C@@H]23)[C@H](OC(C)=O)[C@@H](OC(C)=O)[C@@H]1OC(C)=O. The number of aliphatic hydroxyl groups excluding tert-OH is 2. The Morgan fingerprint density at radius 1 is 0.811 bits per heavy atom. The fourth-order valence-electron chi connectivity index (χ4n) is 4.61. The maximum absolute atomic E-state index is 12.4. The normalized spacial score (nSPS) is 37.1. The molecule has 0 unspecified atom stereocenters. The summed E-state index contributed by atoms with van der Waals surface area (Å²) in [6, 6.07) is 0. The Kier molecular flexibility index (Phi) is 8.84. The van der Waals surface area contributed by atoms with Crippen LogP contribution in [0.2, 0.25) is 0 Å². The third-order valence-electron chi connectivity index (χ3n) is 6.03. The van der Waals surface area contributed by atoms with E-state index < -0.39 is 103 Å². The molecule has 10 atom stereocenters. The van der Waals surface area contributed by atoms with Crippen LogP contribution in [0.25, 0.3) is 0 Å². The van der Waals surface area contributed by atoms with Gasteiger partial charge in [-0.25, -0.2) is 0 Å². The molecule has 3 fully saturated rings. The molecule has 2 saturated heterocycles.